The van der Waals surface area contributed by atoms with Gasteiger partial charge in [-0.15, -0.1) is 5.10 Å². The van der Waals surface area contributed by atoms with Crippen LogP contribution in [-0.4, -0.2) is 35.1 Å². The first-order chi connectivity index (χ1) is 13.3. The van der Waals surface area contributed by atoms with Crippen LogP contribution >= 0.6 is 0 Å². The monoisotopic (exact) mass is 357 g/mol. The molecule has 3 aromatic heterocycles. The van der Waals surface area contributed by atoms with Crippen molar-refractivity contribution in [3.63, 3.8) is 0 Å². The highest BCUT2D eigenvalue weighted by molar-refractivity contribution is 5.80. The number of aryl methyl sites for hydroxylation is 2. The molecule has 0 aliphatic heterocycles. The normalized spacial score (nSPS) is 11.3. The summed E-state index contributed by atoms with van der Waals surface area (Å²) in [6.45, 7) is 0.731. The van der Waals surface area contributed by atoms with Crippen molar-refractivity contribution in [1.29, 1.82) is 0 Å². The van der Waals surface area contributed by atoms with Crippen molar-refractivity contribution < 1.29 is 4.52 Å². The van der Waals surface area contributed by atoms with Gasteiger partial charge >= 0.3 is 0 Å². The first kappa shape index (κ1) is 15.4. The fourth-order valence-corrected chi connectivity index (χ4v) is 2.91. The largest absolute Gasteiger partial charge is 0.345 e. The van der Waals surface area contributed by atoms with E-state index in [0.717, 1.165) is 29.6 Å². The number of imidazole rings is 1. The third-order valence-electron chi connectivity index (χ3n) is 4.33. The molecule has 5 rings (SSSR count). The summed E-state index contributed by atoms with van der Waals surface area (Å²) in [4.78, 5) is 11.7. The molecule has 8 nitrogen and oxygen atoms in total. The van der Waals surface area contributed by atoms with Crippen LogP contribution in [0.2, 0.25) is 0 Å². The summed E-state index contributed by atoms with van der Waals surface area (Å²) in [7, 11) is 0. The molecule has 8 heteroatoms. The van der Waals surface area contributed by atoms with Gasteiger partial charge < -0.3 is 9.51 Å². The molecule has 0 saturated heterocycles. The maximum Gasteiger partial charge on any atom is 0.280 e. The summed E-state index contributed by atoms with van der Waals surface area (Å²) in [5, 5.41) is 12.4. The highest BCUT2D eigenvalue weighted by atomic mass is 16.5. The summed E-state index contributed by atoms with van der Waals surface area (Å²) in [6, 6.07) is 16.0. The van der Waals surface area contributed by atoms with E-state index in [1.165, 1.54) is 5.56 Å². The number of H-pyrrole nitrogens is 1. The van der Waals surface area contributed by atoms with E-state index in [0.29, 0.717) is 17.4 Å². The minimum atomic E-state index is 0.348. The van der Waals surface area contributed by atoms with Crippen LogP contribution in [0.4, 0.5) is 0 Å². The predicted octanol–water partition coefficient (Wildman–Crippen LogP) is 3.11. The highest BCUT2D eigenvalue weighted by Crippen LogP contribution is 2.23. The molecule has 0 radical (unpaired) electrons. The van der Waals surface area contributed by atoms with E-state index in [2.05, 4.69) is 42.6 Å². The first-order valence-corrected chi connectivity index (χ1v) is 8.57. The molecule has 0 unspecified atom stereocenters. The van der Waals surface area contributed by atoms with Gasteiger partial charge in [-0.1, -0.05) is 40.7 Å². The zero-order valence-corrected chi connectivity index (χ0v) is 14.3. The Kier molecular flexibility index (Phi) is 3.71. The topological polar surface area (TPSA) is 98.3 Å². The van der Waals surface area contributed by atoms with Gasteiger partial charge in [0.05, 0.1) is 23.6 Å². The summed E-state index contributed by atoms with van der Waals surface area (Å²) < 4.78 is 7.15. The van der Waals surface area contributed by atoms with Crippen LogP contribution in [-0.2, 0) is 13.0 Å². The van der Waals surface area contributed by atoms with Gasteiger partial charge in [-0.3, -0.25) is 4.68 Å². The van der Waals surface area contributed by atoms with Gasteiger partial charge in [-0.05, 0) is 30.2 Å². The van der Waals surface area contributed by atoms with Crippen molar-refractivity contribution in [3.8, 4) is 23.0 Å². The van der Waals surface area contributed by atoms with Crippen molar-refractivity contribution in [1.82, 2.24) is 35.1 Å². The Labute approximate surface area is 153 Å². The number of aromatic amines is 1. The Hall–Kier alpha value is -3.81. The number of benzene rings is 2. The maximum atomic E-state index is 5.37. The van der Waals surface area contributed by atoms with Gasteiger partial charge in [0.15, 0.2) is 5.69 Å². The molecule has 2 aromatic carbocycles. The standard InChI is InChI=1S/C19H15N7O/c1-2-4-13(5-3-1)8-9-26-11-17(23-25-26)19-22-18(24-27-19)14-6-7-15-16(10-14)21-12-20-15/h1-7,10-12H,8-9H2,(H,20,21). The molecule has 0 saturated carbocycles. The second kappa shape index (κ2) is 6.49. The summed E-state index contributed by atoms with van der Waals surface area (Å²) >= 11 is 0. The van der Waals surface area contributed by atoms with E-state index >= 15 is 0 Å². The number of nitrogens with one attached hydrogen (secondary N) is 1. The molecule has 0 bridgehead atoms. The molecule has 0 spiro atoms. The number of hydrogen-bond donors (Lipinski definition) is 1. The molecule has 0 atom stereocenters. The summed E-state index contributed by atoms with van der Waals surface area (Å²) in [5.41, 5.74) is 4.47. The first-order valence-electron chi connectivity index (χ1n) is 8.57. The van der Waals surface area contributed by atoms with Gasteiger partial charge in [-0.2, -0.15) is 4.98 Å². The minimum Gasteiger partial charge on any atom is -0.345 e. The van der Waals surface area contributed by atoms with Gasteiger partial charge in [0.25, 0.3) is 5.89 Å². The predicted molar refractivity (Wildman–Crippen MR) is 98.5 cm³/mol. The zero-order chi connectivity index (χ0) is 18.1. The van der Waals surface area contributed by atoms with Crippen molar-refractivity contribution in [3.05, 3.63) is 66.6 Å². The minimum absolute atomic E-state index is 0.348. The average molecular weight is 357 g/mol. The number of rotatable bonds is 5. The number of nitrogens with zero attached hydrogens (tertiary/aromatic N) is 6. The second-order valence-electron chi connectivity index (χ2n) is 6.16. The van der Waals surface area contributed by atoms with Gasteiger partial charge in [0.1, 0.15) is 0 Å². The van der Waals surface area contributed by atoms with Crippen molar-refractivity contribution in [2.24, 2.45) is 0 Å². The summed E-state index contributed by atoms with van der Waals surface area (Å²) in [6.07, 6.45) is 4.35. The molecule has 0 amide bonds. The van der Waals surface area contributed by atoms with Gasteiger partial charge in [-0.25, -0.2) is 4.98 Å². The molecule has 0 aliphatic carbocycles. The van der Waals surface area contributed by atoms with Gasteiger partial charge in [0.2, 0.25) is 5.82 Å². The molecule has 132 valence electrons. The van der Waals surface area contributed by atoms with Crippen molar-refractivity contribution in [2.45, 2.75) is 13.0 Å². The lowest BCUT2D eigenvalue weighted by Crippen LogP contribution is -2.01. The maximum absolute atomic E-state index is 5.37. The van der Waals surface area contributed by atoms with E-state index in [9.17, 15) is 0 Å². The molecule has 0 fully saturated rings. The lowest BCUT2D eigenvalue weighted by molar-refractivity contribution is 0.431. The third-order valence-corrected chi connectivity index (χ3v) is 4.33. The van der Waals surface area contributed by atoms with E-state index in [-0.39, 0.29) is 0 Å². The Morgan fingerprint density at radius 2 is 2.00 bits per heavy atom. The lowest BCUT2D eigenvalue weighted by atomic mass is 10.1. The van der Waals surface area contributed by atoms with E-state index < -0.39 is 0 Å². The quantitative estimate of drug-likeness (QED) is 0.519. The molecular formula is C19H15N7O. The van der Waals surface area contributed by atoms with Crippen molar-refractivity contribution in [2.75, 3.05) is 0 Å². The molecule has 5 aromatic rings. The number of fused-ring (bicyclic) bond motifs is 1. The molecule has 0 aliphatic rings. The SMILES string of the molecule is c1ccc(CCn2cc(-c3nc(-c4ccc5nc[nH]c5c4)no3)nn2)cc1. The number of aromatic nitrogens is 7. The average Bonchev–Trinajstić information content (AvgIpc) is 3.46. The molecule has 1 N–H and O–H groups in total. The molecular weight excluding hydrogens is 342 g/mol. The highest BCUT2D eigenvalue weighted by Gasteiger charge is 2.14. The van der Waals surface area contributed by atoms with E-state index in [1.807, 2.05) is 42.6 Å². The van der Waals surface area contributed by atoms with Crippen LogP contribution in [0.1, 0.15) is 5.56 Å². The molecule has 3 heterocycles. The van der Waals surface area contributed by atoms with Crippen LogP contribution in [0, 0.1) is 0 Å². The van der Waals surface area contributed by atoms with Crippen LogP contribution in [0.25, 0.3) is 34.0 Å². The Balaban J connectivity index is 1.34. The Bertz CT molecular complexity index is 1190. The van der Waals surface area contributed by atoms with Crippen LogP contribution in [0.15, 0.2) is 65.6 Å². The van der Waals surface area contributed by atoms with Crippen LogP contribution in [0.5, 0.6) is 0 Å². The Morgan fingerprint density at radius 3 is 2.93 bits per heavy atom. The lowest BCUT2D eigenvalue weighted by Gasteiger charge is -2.00. The number of hydrogen-bond acceptors (Lipinski definition) is 6. The van der Waals surface area contributed by atoms with E-state index in [1.54, 1.807) is 11.0 Å². The third kappa shape index (κ3) is 3.08. The van der Waals surface area contributed by atoms with Crippen LogP contribution in [0.3, 0.4) is 0 Å². The summed E-state index contributed by atoms with van der Waals surface area (Å²) in [5.74, 6) is 0.848. The smallest absolute Gasteiger partial charge is 0.280 e. The molecule has 27 heavy (non-hydrogen) atoms. The van der Waals surface area contributed by atoms with Gasteiger partial charge in [0, 0.05) is 12.1 Å². The van der Waals surface area contributed by atoms with E-state index in [4.69, 9.17) is 4.52 Å². The Morgan fingerprint density at radius 1 is 1.07 bits per heavy atom. The van der Waals surface area contributed by atoms with Crippen molar-refractivity contribution >= 4 is 11.0 Å². The fraction of sp³-hybridized carbons (Fsp3) is 0.105. The zero-order valence-electron chi connectivity index (χ0n) is 14.3. The fourth-order valence-electron chi connectivity index (χ4n) is 2.91. The second-order valence-corrected chi connectivity index (χ2v) is 6.16. The van der Waals surface area contributed by atoms with Crippen LogP contribution < -0.4 is 0 Å².